The van der Waals surface area contributed by atoms with Crippen LogP contribution in [-0.2, 0) is 16.6 Å². The minimum Gasteiger partial charge on any atom is -0.297 e. The average Bonchev–Trinajstić information content (AvgIpc) is 2.95. The first-order chi connectivity index (χ1) is 18.8. The standard InChI is InChI=1S/C28H28N6O4S/c1-20-13-15-23(16-14-20)39(37,38)31-17-7-10-22(18-30-33-29)27-28(36)34(25-12-6-5-11-24(25)32-27)19-26(35)21-8-3-2-4-9-21/h2-6,8-9,11-16,22,31H,7,10,17-19H2,1H3/t22-/m1/s1. The van der Waals surface area contributed by atoms with Gasteiger partial charge >= 0.3 is 0 Å². The molecule has 0 saturated heterocycles. The van der Waals surface area contributed by atoms with Gasteiger partial charge in [-0.3, -0.25) is 14.2 Å². The second kappa shape index (κ2) is 12.5. The zero-order valence-electron chi connectivity index (χ0n) is 21.4. The van der Waals surface area contributed by atoms with Gasteiger partial charge in [0.2, 0.25) is 10.0 Å². The predicted octanol–water partition coefficient (Wildman–Crippen LogP) is 4.74. The lowest BCUT2D eigenvalue weighted by atomic mass is 9.99. The first-order valence-electron chi connectivity index (χ1n) is 12.4. The summed E-state index contributed by atoms with van der Waals surface area (Å²) in [6.45, 7) is 1.79. The van der Waals surface area contributed by atoms with Crippen molar-refractivity contribution in [1.82, 2.24) is 14.3 Å². The van der Waals surface area contributed by atoms with Gasteiger partial charge in [0.1, 0.15) is 5.69 Å². The van der Waals surface area contributed by atoms with E-state index >= 15 is 0 Å². The van der Waals surface area contributed by atoms with Crippen LogP contribution >= 0.6 is 0 Å². The van der Waals surface area contributed by atoms with E-state index in [2.05, 4.69) is 19.7 Å². The van der Waals surface area contributed by atoms with E-state index in [4.69, 9.17) is 5.53 Å². The predicted molar refractivity (Wildman–Crippen MR) is 149 cm³/mol. The molecule has 0 bridgehead atoms. The van der Waals surface area contributed by atoms with Crippen LogP contribution in [0.1, 0.15) is 40.4 Å². The number of nitrogens with one attached hydrogen (secondary N) is 1. The van der Waals surface area contributed by atoms with Crippen molar-refractivity contribution in [3.63, 3.8) is 0 Å². The van der Waals surface area contributed by atoms with Gasteiger partial charge in [0, 0.05) is 29.5 Å². The van der Waals surface area contributed by atoms with E-state index in [1.165, 1.54) is 4.57 Å². The number of carbonyl (C=O) groups is 1. The number of sulfonamides is 1. The lowest BCUT2D eigenvalue weighted by molar-refractivity contribution is 0.0972. The summed E-state index contributed by atoms with van der Waals surface area (Å²) in [6.07, 6.45) is 0.705. The van der Waals surface area contributed by atoms with Crippen LogP contribution in [0.5, 0.6) is 0 Å². The number of carbonyl (C=O) groups excluding carboxylic acids is 1. The number of para-hydroxylation sites is 2. The highest BCUT2D eigenvalue weighted by Crippen LogP contribution is 2.21. The number of azide groups is 1. The van der Waals surface area contributed by atoms with Gasteiger partial charge in [0.15, 0.2) is 5.78 Å². The Labute approximate surface area is 226 Å². The largest absolute Gasteiger partial charge is 0.297 e. The molecule has 1 heterocycles. The molecule has 39 heavy (non-hydrogen) atoms. The maximum Gasteiger partial charge on any atom is 0.273 e. The highest BCUT2D eigenvalue weighted by Gasteiger charge is 2.22. The molecule has 0 aliphatic rings. The topological polar surface area (TPSA) is 147 Å². The molecule has 200 valence electrons. The third-order valence-corrected chi connectivity index (χ3v) is 7.86. The molecule has 0 unspecified atom stereocenters. The van der Waals surface area contributed by atoms with Crippen molar-refractivity contribution >= 4 is 26.8 Å². The normalized spacial score (nSPS) is 12.1. The fourth-order valence-corrected chi connectivity index (χ4v) is 5.37. The van der Waals surface area contributed by atoms with Crippen LogP contribution in [0.4, 0.5) is 0 Å². The summed E-state index contributed by atoms with van der Waals surface area (Å²) >= 11 is 0. The van der Waals surface area contributed by atoms with Crippen LogP contribution in [0.25, 0.3) is 21.5 Å². The SMILES string of the molecule is Cc1ccc(S(=O)(=O)NCCC[C@H](CN=[N+]=[N-])c2nc3ccccc3n(CC(=O)c3ccccc3)c2=O)cc1. The second-order valence-electron chi connectivity index (χ2n) is 9.13. The number of aromatic nitrogens is 2. The van der Waals surface area contributed by atoms with E-state index in [-0.39, 0.29) is 36.0 Å². The maximum absolute atomic E-state index is 13.7. The second-order valence-corrected chi connectivity index (χ2v) is 10.9. The van der Waals surface area contributed by atoms with Gasteiger partial charge in [-0.1, -0.05) is 65.3 Å². The Bertz CT molecular complexity index is 1680. The smallest absolute Gasteiger partial charge is 0.273 e. The van der Waals surface area contributed by atoms with E-state index in [1.807, 2.05) is 13.0 Å². The minimum absolute atomic E-state index is 0.0333. The number of hydrogen-bond acceptors (Lipinski definition) is 6. The number of aryl methyl sites for hydroxylation is 1. The Morgan fingerprint density at radius 1 is 1.05 bits per heavy atom. The molecular formula is C28H28N6O4S. The fourth-order valence-electron chi connectivity index (χ4n) is 4.30. The zero-order chi connectivity index (χ0) is 27.8. The molecule has 1 atom stereocenters. The number of Topliss-reactive ketones (excluding diaryl/α,β-unsaturated/α-hetero) is 1. The molecule has 0 aliphatic carbocycles. The molecule has 0 aliphatic heterocycles. The number of ketones is 1. The lowest BCUT2D eigenvalue weighted by Crippen LogP contribution is -2.31. The van der Waals surface area contributed by atoms with Crippen molar-refractivity contribution in [3.05, 3.63) is 116 Å². The maximum atomic E-state index is 13.7. The number of nitrogens with zero attached hydrogens (tertiary/aromatic N) is 5. The Hall–Kier alpha value is -4.31. The summed E-state index contributed by atoms with van der Waals surface area (Å²) in [4.78, 5) is 34.2. The van der Waals surface area contributed by atoms with Gasteiger partial charge < -0.3 is 0 Å². The van der Waals surface area contributed by atoms with E-state index in [1.54, 1.807) is 72.8 Å². The minimum atomic E-state index is -3.69. The van der Waals surface area contributed by atoms with Crippen molar-refractivity contribution in [2.45, 2.75) is 37.1 Å². The molecule has 1 aromatic heterocycles. The Morgan fingerprint density at radius 2 is 1.74 bits per heavy atom. The number of fused-ring (bicyclic) bond motifs is 1. The van der Waals surface area contributed by atoms with E-state index in [9.17, 15) is 18.0 Å². The summed E-state index contributed by atoms with van der Waals surface area (Å²) in [7, 11) is -3.69. The Kier molecular flexibility index (Phi) is 8.88. The monoisotopic (exact) mass is 544 g/mol. The average molecular weight is 545 g/mol. The highest BCUT2D eigenvalue weighted by molar-refractivity contribution is 7.89. The molecule has 3 aromatic carbocycles. The van der Waals surface area contributed by atoms with Crippen LogP contribution in [0.2, 0.25) is 0 Å². The summed E-state index contributed by atoms with van der Waals surface area (Å²) in [6, 6.07) is 22.3. The molecule has 0 fully saturated rings. The molecule has 0 radical (unpaired) electrons. The lowest BCUT2D eigenvalue weighted by Gasteiger charge is -2.17. The van der Waals surface area contributed by atoms with Crippen molar-refractivity contribution < 1.29 is 13.2 Å². The number of rotatable bonds is 12. The zero-order valence-corrected chi connectivity index (χ0v) is 22.2. The van der Waals surface area contributed by atoms with E-state index in [0.29, 0.717) is 29.4 Å². The third-order valence-electron chi connectivity index (χ3n) is 6.38. The van der Waals surface area contributed by atoms with E-state index < -0.39 is 21.5 Å². The Balaban J connectivity index is 1.59. The number of hydrogen-bond donors (Lipinski definition) is 1. The summed E-state index contributed by atoms with van der Waals surface area (Å²) in [5, 5.41) is 3.68. The molecular weight excluding hydrogens is 516 g/mol. The first kappa shape index (κ1) is 27.7. The van der Waals surface area contributed by atoms with Crippen LogP contribution in [-0.4, -0.2) is 36.8 Å². The van der Waals surface area contributed by atoms with Gasteiger partial charge in [0.25, 0.3) is 5.56 Å². The van der Waals surface area contributed by atoms with Crippen LogP contribution < -0.4 is 10.3 Å². The van der Waals surface area contributed by atoms with Gasteiger partial charge in [-0.25, -0.2) is 18.1 Å². The fraction of sp³-hybridized carbons (Fsp3) is 0.250. The Morgan fingerprint density at radius 3 is 2.46 bits per heavy atom. The van der Waals surface area contributed by atoms with Crippen LogP contribution in [0, 0.1) is 6.92 Å². The van der Waals surface area contributed by atoms with Crippen LogP contribution in [0.15, 0.2) is 93.7 Å². The molecule has 0 spiro atoms. The summed E-state index contributed by atoms with van der Waals surface area (Å²) in [5.74, 6) is -0.794. The summed E-state index contributed by atoms with van der Waals surface area (Å²) in [5.41, 5.74) is 11.1. The molecule has 1 N–H and O–H groups in total. The van der Waals surface area contributed by atoms with Gasteiger partial charge in [-0.2, -0.15) is 0 Å². The van der Waals surface area contributed by atoms with Crippen LogP contribution in [0.3, 0.4) is 0 Å². The molecule has 4 rings (SSSR count). The number of benzene rings is 3. The molecule has 4 aromatic rings. The van der Waals surface area contributed by atoms with Crippen molar-refractivity contribution in [3.8, 4) is 0 Å². The molecule has 0 saturated carbocycles. The third kappa shape index (κ3) is 6.77. The summed E-state index contributed by atoms with van der Waals surface area (Å²) < 4.78 is 29.2. The van der Waals surface area contributed by atoms with Gasteiger partial charge in [0.05, 0.1) is 22.5 Å². The first-order valence-corrected chi connectivity index (χ1v) is 13.9. The molecule has 11 heteroatoms. The molecule has 10 nitrogen and oxygen atoms in total. The van der Waals surface area contributed by atoms with Gasteiger partial charge in [-0.15, -0.1) is 0 Å². The van der Waals surface area contributed by atoms with Crippen molar-refractivity contribution in [1.29, 1.82) is 0 Å². The quantitative estimate of drug-likeness (QED) is 0.0899. The highest BCUT2D eigenvalue weighted by atomic mass is 32.2. The van der Waals surface area contributed by atoms with Crippen molar-refractivity contribution in [2.24, 2.45) is 5.11 Å². The molecule has 0 amide bonds. The van der Waals surface area contributed by atoms with E-state index in [0.717, 1.165) is 5.56 Å². The van der Waals surface area contributed by atoms with Gasteiger partial charge in [-0.05, 0) is 49.6 Å². The van der Waals surface area contributed by atoms with Crippen molar-refractivity contribution in [2.75, 3.05) is 13.1 Å².